The zero-order valence-electron chi connectivity index (χ0n) is 11.2. The highest BCUT2D eigenvalue weighted by Crippen LogP contribution is 2.24. The van der Waals surface area contributed by atoms with E-state index < -0.39 is 17.8 Å². The van der Waals surface area contributed by atoms with Crippen LogP contribution in [-0.4, -0.2) is 28.0 Å². The summed E-state index contributed by atoms with van der Waals surface area (Å²) in [5, 5.41) is 12.1. The summed E-state index contributed by atoms with van der Waals surface area (Å²) in [6.07, 6.45) is 5.57. The number of carboxylic acid groups (broad SMARTS) is 1. The quantitative estimate of drug-likeness (QED) is 0.725. The number of carboxylic acids is 1. The molecule has 0 radical (unpaired) electrons. The van der Waals surface area contributed by atoms with Crippen LogP contribution < -0.4 is 11.1 Å². The Labute approximate surface area is 117 Å². The minimum Gasteiger partial charge on any atom is -0.481 e. The predicted molar refractivity (Wildman–Crippen MR) is 74.1 cm³/mol. The molecular weight excluding hydrogens is 258 g/mol. The lowest BCUT2D eigenvalue weighted by Crippen LogP contribution is -2.43. The van der Waals surface area contributed by atoms with Crippen molar-refractivity contribution in [3.8, 4) is 0 Å². The smallest absolute Gasteiger partial charge is 0.308 e. The number of hydrogen-bond acceptors (Lipinski definition) is 4. The number of anilines is 1. The van der Waals surface area contributed by atoms with Gasteiger partial charge in [0.15, 0.2) is 5.69 Å². The van der Waals surface area contributed by atoms with Gasteiger partial charge in [-0.1, -0.05) is 19.3 Å². The van der Waals surface area contributed by atoms with Gasteiger partial charge in [-0.05, 0) is 25.0 Å². The molecule has 4 N–H and O–H groups in total. The van der Waals surface area contributed by atoms with Crippen LogP contribution in [0.2, 0.25) is 0 Å². The third-order valence-electron chi connectivity index (χ3n) is 3.70. The largest absolute Gasteiger partial charge is 0.481 e. The van der Waals surface area contributed by atoms with Crippen molar-refractivity contribution in [3.63, 3.8) is 0 Å². The van der Waals surface area contributed by atoms with Gasteiger partial charge >= 0.3 is 5.97 Å². The van der Waals surface area contributed by atoms with Crippen molar-refractivity contribution in [3.05, 3.63) is 24.0 Å². The SMILES string of the molecule is Nc1cccnc1C(=O)NC1CCCCCC1C(=O)O. The Bertz CT molecular complexity index is 504. The van der Waals surface area contributed by atoms with Crippen LogP contribution in [0.5, 0.6) is 0 Å². The molecule has 1 heterocycles. The minimum atomic E-state index is -0.855. The first kappa shape index (κ1) is 14.3. The van der Waals surface area contributed by atoms with Crippen LogP contribution in [-0.2, 0) is 4.79 Å². The number of carbonyl (C=O) groups is 2. The van der Waals surface area contributed by atoms with Crippen molar-refractivity contribution in [2.24, 2.45) is 5.92 Å². The lowest BCUT2D eigenvalue weighted by Gasteiger charge is -2.22. The van der Waals surface area contributed by atoms with E-state index in [0.29, 0.717) is 18.5 Å². The number of aliphatic carboxylic acids is 1. The van der Waals surface area contributed by atoms with Crippen molar-refractivity contribution in [2.45, 2.75) is 38.1 Å². The fraction of sp³-hybridized carbons (Fsp3) is 0.500. The molecule has 2 rings (SSSR count). The zero-order chi connectivity index (χ0) is 14.5. The first-order valence-corrected chi connectivity index (χ1v) is 6.83. The van der Waals surface area contributed by atoms with E-state index in [1.807, 2.05) is 0 Å². The topological polar surface area (TPSA) is 105 Å². The Hall–Kier alpha value is -2.11. The Balaban J connectivity index is 2.12. The van der Waals surface area contributed by atoms with Crippen LogP contribution in [0.25, 0.3) is 0 Å². The Morgan fingerprint density at radius 3 is 2.75 bits per heavy atom. The second-order valence-electron chi connectivity index (χ2n) is 5.10. The number of carbonyl (C=O) groups excluding carboxylic acids is 1. The average Bonchev–Trinajstić information content (AvgIpc) is 2.64. The lowest BCUT2D eigenvalue weighted by atomic mass is 9.94. The molecular formula is C14H19N3O3. The first-order chi connectivity index (χ1) is 9.59. The van der Waals surface area contributed by atoms with Gasteiger partial charge in [-0.3, -0.25) is 9.59 Å². The number of pyridine rings is 1. The third kappa shape index (κ3) is 3.26. The molecule has 0 bridgehead atoms. The van der Waals surface area contributed by atoms with Gasteiger partial charge in [0.1, 0.15) is 0 Å². The van der Waals surface area contributed by atoms with E-state index in [4.69, 9.17) is 5.73 Å². The minimum absolute atomic E-state index is 0.154. The number of nitrogen functional groups attached to an aromatic ring is 1. The van der Waals surface area contributed by atoms with E-state index in [2.05, 4.69) is 10.3 Å². The van der Waals surface area contributed by atoms with Gasteiger partial charge in [-0.25, -0.2) is 4.98 Å². The summed E-state index contributed by atoms with van der Waals surface area (Å²) >= 11 is 0. The van der Waals surface area contributed by atoms with Gasteiger partial charge in [-0.2, -0.15) is 0 Å². The molecule has 6 heteroatoms. The molecule has 2 atom stereocenters. The number of amides is 1. The second kappa shape index (κ2) is 6.36. The maximum absolute atomic E-state index is 12.2. The van der Waals surface area contributed by atoms with Crippen molar-refractivity contribution >= 4 is 17.6 Å². The molecule has 20 heavy (non-hydrogen) atoms. The summed E-state index contributed by atoms with van der Waals surface area (Å²) in [6, 6.07) is 2.89. The van der Waals surface area contributed by atoms with E-state index in [1.54, 1.807) is 12.1 Å². The summed E-state index contributed by atoms with van der Waals surface area (Å²) in [4.78, 5) is 27.4. The molecule has 108 valence electrons. The lowest BCUT2D eigenvalue weighted by molar-refractivity contribution is -0.142. The van der Waals surface area contributed by atoms with E-state index >= 15 is 0 Å². The number of aromatic nitrogens is 1. The number of nitrogens with zero attached hydrogens (tertiary/aromatic N) is 1. The zero-order valence-corrected chi connectivity index (χ0v) is 11.2. The van der Waals surface area contributed by atoms with Crippen LogP contribution in [0.3, 0.4) is 0 Å². The monoisotopic (exact) mass is 277 g/mol. The second-order valence-corrected chi connectivity index (χ2v) is 5.10. The van der Waals surface area contributed by atoms with Gasteiger partial charge < -0.3 is 16.2 Å². The van der Waals surface area contributed by atoms with E-state index in [0.717, 1.165) is 19.3 Å². The third-order valence-corrected chi connectivity index (χ3v) is 3.70. The van der Waals surface area contributed by atoms with E-state index in [-0.39, 0.29) is 11.7 Å². The van der Waals surface area contributed by atoms with Gasteiger partial charge in [-0.15, -0.1) is 0 Å². The maximum atomic E-state index is 12.2. The molecule has 1 amide bonds. The molecule has 1 aromatic rings. The van der Waals surface area contributed by atoms with Gasteiger partial charge in [0.05, 0.1) is 11.6 Å². The molecule has 1 aliphatic carbocycles. The molecule has 0 aromatic carbocycles. The van der Waals surface area contributed by atoms with Crippen LogP contribution in [0.15, 0.2) is 18.3 Å². The Kier molecular flexibility index (Phi) is 4.55. The molecule has 0 aliphatic heterocycles. The highest BCUT2D eigenvalue weighted by molar-refractivity contribution is 5.97. The fourth-order valence-electron chi connectivity index (χ4n) is 2.62. The molecule has 1 fully saturated rings. The molecule has 0 saturated heterocycles. The van der Waals surface area contributed by atoms with Crippen molar-refractivity contribution in [2.75, 3.05) is 5.73 Å². The van der Waals surface area contributed by atoms with Crippen LogP contribution in [0.4, 0.5) is 5.69 Å². The standard InChI is InChI=1S/C14H19N3O3/c15-10-6-4-8-16-12(10)13(18)17-11-7-3-1-2-5-9(11)14(19)20/h4,6,8-9,11H,1-3,5,7,15H2,(H,17,18)(H,19,20). The van der Waals surface area contributed by atoms with E-state index in [9.17, 15) is 14.7 Å². The molecule has 6 nitrogen and oxygen atoms in total. The number of nitrogens with one attached hydrogen (secondary N) is 1. The molecule has 1 saturated carbocycles. The maximum Gasteiger partial charge on any atom is 0.308 e. The highest BCUT2D eigenvalue weighted by atomic mass is 16.4. The summed E-state index contributed by atoms with van der Waals surface area (Å²) in [5.41, 5.74) is 6.16. The first-order valence-electron chi connectivity index (χ1n) is 6.83. The van der Waals surface area contributed by atoms with Crippen LogP contribution in [0, 0.1) is 5.92 Å². The molecule has 1 aromatic heterocycles. The normalized spacial score (nSPS) is 22.8. The molecule has 2 unspecified atom stereocenters. The Morgan fingerprint density at radius 1 is 1.30 bits per heavy atom. The molecule has 1 aliphatic rings. The van der Waals surface area contributed by atoms with Gasteiger partial charge in [0, 0.05) is 12.2 Å². The summed E-state index contributed by atoms with van der Waals surface area (Å²) in [6.45, 7) is 0. The number of rotatable bonds is 3. The van der Waals surface area contributed by atoms with Gasteiger partial charge in [0.2, 0.25) is 0 Å². The van der Waals surface area contributed by atoms with Crippen LogP contribution in [0.1, 0.15) is 42.6 Å². The van der Waals surface area contributed by atoms with Gasteiger partial charge in [0.25, 0.3) is 5.91 Å². The predicted octanol–water partition coefficient (Wildman–Crippen LogP) is 1.43. The van der Waals surface area contributed by atoms with E-state index in [1.165, 1.54) is 6.20 Å². The Morgan fingerprint density at radius 2 is 2.05 bits per heavy atom. The van der Waals surface area contributed by atoms with Crippen molar-refractivity contribution in [1.82, 2.24) is 10.3 Å². The number of hydrogen-bond donors (Lipinski definition) is 3. The number of nitrogens with two attached hydrogens (primary N) is 1. The summed E-state index contributed by atoms with van der Waals surface area (Å²) in [5.74, 6) is -1.79. The highest BCUT2D eigenvalue weighted by Gasteiger charge is 2.31. The van der Waals surface area contributed by atoms with Crippen LogP contribution >= 0.6 is 0 Å². The molecule has 0 spiro atoms. The summed E-state index contributed by atoms with van der Waals surface area (Å²) < 4.78 is 0. The van der Waals surface area contributed by atoms with Crippen molar-refractivity contribution in [1.29, 1.82) is 0 Å². The van der Waals surface area contributed by atoms with Crippen molar-refractivity contribution < 1.29 is 14.7 Å². The fourth-order valence-corrected chi connectivity index (χ4v) is 2.62. The summed E-state index contributed by atoms with van der Waals surface area (Å²) in [7, 11) is 0. The average molecular weight is 277 g/mol.